The lowest BCUT2D eigenvalue weighted by Gasteiger charge is -2.22. The Labute approximate surface area is 136 Å². The van der Waals surface area contributed by atoms with Gasteiger partial charge in [-0.3, -0.25) is 4.79 Å². The van der Waals surface area contributed by atoms with Gasteiger partial charge in [0, 0.05) is 18.5 Å². The summed E-state index contributed by atoms with van der Waals surface area (Å²) in [5, 5.41) is 3.94. The van der Waals surface area contributed by atoms with E-state index in [1.54, 1.807) is 11.3 Å². The molecular formula is C16H21ClN2OS. The van der Waals surface area contributed by atoms with Crippen LogP contribution in [-0.4, -0.2) is 23.9 Å². The molecule has 0 unspecified atom stereocenters. The van der Waals surface area contributed by atoms with E-state index in [0.717, 1.165) is 23.1 Å². The molecule has 2 aromatic rings. The third-order valence-corrected chi connectivity index (χ3v) is 4.08. The third-order valence-electron chi connectivity index (χ3n) is 3.22. The Hall–Kier alpha value is -1.36. The van der Waals surface area contributed by atoms with Crippen molar-refractivity contribution in [2.45, 2.75) is 19.9 Å². The molecule has 0 saturated carbocycles. The highest BCUT2D eigenvalue weighted by Crippen LogP contribution is 2.17. The lowest BCUT2D eigenvalue weighted by atomic mass is 10.1. The maximum absolute atomic E-state index is 12.6. The van der Waals surface area contributed by atoms with Gasteiger partial charge < -0.3 is 10.6 Å². The fourth-order valence-corrected chi connectivity index (χ4v) is 2.91. The Morgan fingerprint density at radius 1 is 1.24 bits per heavy atom. The van der Waals surface area contributed by atoms with E-state index in [9.17, 15) is 4.79 Å². The van der Waals surface area contributed by atoms with Crippen LogP contribution in [0, 0.1) is 6.92 Å². The number of halogens is 1. The van der Waals surface area contributed by atoms with E-state index in [1.165, 1.54) is 0 Å². The first-order valence-corrected chi connectivity index (χ1v) is 7.72. The van der Waals surface area contributed by atoms with Gasteiger partial charge in [-0.25, -0.2) is 0 Å². The highest BCUT2D eigenvalue weighted by Gasteiger charge is 2.18. The van der Waals surface area contributed by atoms with E-state index in [0.29, 0.717) is 19.6 Å². The molecule has 0 bridgehead atoms. The monoisotopic (exact) mass is 324 g/mol. The Balaban J connectivity index is 0.00000220. The van der Waals surface area contributed by atoms with Crippen LogP contribution in [0.3, 0.4) is 0 Å². The summed E-state index contributed by atoms with van der Waals surface area (Å²) in [6.45, 7) is 3.91. The molecule has 0 atom stereocenters. The first kappa shape index (κ1) is 17.7. The van der Waals surface area contributed by atoms with Crippen molar-refractivity contribution in [3.63, 3.8) is 0 Å². The predicted octanol–water partition coefficient (Wildman–Crippen LogP) is 3.47. The topological polar surface area (TPSA) is 46.3 Å². The molecule has 1 aromatic carbocycles. The van der Waals surface area contributed by atoms with Crippen molar-refractivity contribution in [1.82, 2.24) is 4.90 Å². The van der Waals surface area contributed by atoms with Crippen LogP contribution >= 0.6 is 23.7 Å². The molecule has 1 heterocycles. The van der Waals surface area contributed by atoms with Crippen molar-refractivity contribution in [2.24, 2.45) is 5.73 Å². The van der Waals surface area contributed by atoms with Crippen LogP contribution in [0.2, 0.25) is 0 Å². The number of hydrogen-bond donors (Lipinski definition) is 1. The van der Waals surface area contributed by atoms with E-state index >= 15 is 0 Å². The molecule has 2 rings (SSSR count). The molecule has 2 N–H and O–H groups in total. The van der Waals surface area contributed by atoms with Crippen LogP contribution < -0.4 is 5.73 Å². The Morgan fingerprint density at radius 2 is 1.95 bits per heavy atom. The summed E-state index contributed by atoms with van der Waals surface area (Å²) >= 11 is 1.57. The number of nitrogens with zero attached hydrogens (tertiary/aromatic N) is 1. The number of carbonyl (C=O) groups excluding carboxylic acids is 1. The highest BCUT2D eigenvalue weighted by atomic mass is 35.5. The molecule has 0 aliphatic rings. The predicted molar refractivity (Wildman–Crippen MR) is 91.2 cm³/mol. The van der Waals surface area contributed by atoms with Crippen molar-refractivity contribution in [3.8, 4) is 0 Å². The zero-order valence-corrected chi connectivity index (χ0v) is 13.8. The Bertz CT molecular complexity index is 556. The maximum Gasteiger partial charge on any atom is 0.255 e. The molecule has 0 radical (unpaired) electrons. The molecule has 0 spiro atoms. The standard InChI is InChI=1S/C16H20N2OS.ClH/c1-13-11-20-12-15(13)16(19)18(9-5-8-17)10-14-6-3-2-4-7-14;/h2-4,6-7,11-12H,5,8-10,17H2,1H3;1H. The zero-order chi connectivity index (χ0) is 14.4. The number of rotatable bonds is 6. The Kier molecular flexibility index (Phi) is 7.43. The van der Waals surface area contributed by atoms with Crippen molar-refractivity contribution >= 4 is 29.7 Å². The van der Waals surface area contributed by atoms with Gasteiger partial charge >= 0.3 is 0 Å². The first-order chi connectivity index (χ1) is 9.72. The molecule has 21 heavy (non-hydrogen) atoms. The third kappa shape index (κ3) is 4.84. The van der Waals surface area contributed by atoms with Crippen LogP contribution in [-0.2, 0) is 6.54 Å². The van der Waals surface area contributed by atoms with Gasteiger partial charge in [0.1, 0.15) is 0 Å². The number of hydrogen-bond acceptors (Lipinski definition) is 3. The summed E-state index contributed by atoms with van der Waals surface area (Å²) in [5.41, 5.74) is 8.58. The van der Waals surface area contributed by atoms with Gasteiger partial charge in [-0.1, -0.05) is 30.3 Å². The lowest BCUT2D eigenvalue weighted by Crippen LogP contribution is -2.32. The summed E-state index contributed by atoms with van der Waals surface area (Å²) in [6, 6.07) is 10.1. The average molecular weight is 325 g/mol. The summed E-state index contributed by atoms with van der Waals surface area (Å²) in [7, 11) is 0. The molecule has 0 fully saturated rings. The zero-order valence-electron chi connectivity index (χ0n) is 12.1. The highest BCUT2D eigenvalue weighted by molar-refractivity contribution is 7.08. The van der Waals surface area contributed by atoms with Crippen LogP contribution in [0.25, 0.3) is 0 Å². The van der Waals surface area contributed by atoms with Crippen LogP contribution in [0.1, 0.15) is 27.9 Å². The molecule has 114 valence electrons. The van der Waals surface area contributed by atoms with Gasteiger partial charge in [-0.2, -0.15) is 11.3 Å². The molecule has 5 heteroatoms. The van der Waals surface area contributed by atoms with Crippen molar-refractivity contribution in [3.05, 3.63) is 57.8 Å². The van der Waals surface area contributed by atoms with Gasteiger partial charge in [-0.05, 0) is 36.4 Å². The quantitative estimate of drug-likeness (QED) is 0.884. The van der Waals surface area contributed by atoms with Crippen molar-refractivity contribution in [1.29, 1.82) is 0 Å². The molecule has 0 aliphatic heterocycles. The minimum Gasteiger partial charge on any atom is -0.334 e. The van der Waals surface area contributed by atoms with Crippen LogP contribution in [0.15, 0.2) is 41.1 Å². The van der Waals surface area contributed by atoms with Crippen LogP contribution in [0.5, 0.6) is 0 Å². The summed E-state index contributed by atoms with van der Waals surface area (Å²) in [6.07, 6.45) is 0.821. The lowest BCUT2D eigenvalue weighted by molar-refractivity contribution is 0.0742. The average Bonchev–Trinajstić information content (AvgIpc) is 2.90. The minimum atomic E-state index is 0. The summed E-state index contributed by atoms with van der Waals surface area (Å²) < 4.78 is 0. The SMILES string of the molecule is Cc1cscc1C(=O)N(CCCN)Cc1ccccc1.Cl. The second kappa shape index (κ2) is 8.82. The molecule has 1 aromatic heterocycles. The number of nitrogens with two attached hydrogens (primary N) is 1. The number of benzene rings is 1. The van der Waals surface area contributed by atoms with Gasteiger partial charge in [0.2, 0.25) is 0 Å². The first-order valence-electron chi connectivity index (χ1n) is 6.78. The van der Waals surface area contributed by atoms with E-state index in [2.05, 4.69) is 0 Å². The van der Waals surface area contributed by atoms with Gasteiger partial charge in [0.25, 0.3) is 5.91 Å². The number of thiophene rings is 1. The van der Waals surface area contributed by atoms with E-state index in [-0.39, 0.29) is 18.3 Å². The fourth-order valence-electron chi connectivity index (χ4n) is 2.09. The second-order valence-electron chi connectivity index (χ2n) is 4.82. The molecule has 0 aliphatic carbocycles. The van der Waals surface area contributed by atoms with Gasteiger partial charge in [-0.15, -0.1) is 12.4 Å². The minimum absolute atomic E-state index is 0. The van der Waals surface area contributed by atoms with Gasteiger partial charge in [0.15, 0.2) is 0 Å². The molecular weight excluding hydrogens is 304 g/mol. The smallest absolute Gasteiger partial charge is 0.255 e. The molecule has 0 saturated heterocycles. The van der Waals surface area contributed by atoms with E-state index in [1.807, 2.05) is 52.9 Å². The molecule has 1 amide bonds. The summed E-state index contributed by atoms with van der Waals surface area (Å²) in [5.74, 6) is 0.0982. The Morgan fingerprint density at radius 3 is 2.52 bits per heavy atom. The number of aryl methyl sites for hydroxylation is 1. The molecule has 3 nitrogen and oxygen atoms in total. The van der Waals surface area contributed by atoms with E-state index in [4.69, 9.17) is 5.73 Å². The van der Waals surface area contributed by atoms with Crippen molar-refractivity contribution < 1.29 is 4.79 Å². The number of amides is 1. The second-order valence-corrected chi connectivity index (χ2v) is 5.57. The van der Waals surface area contributed by atoms with Crippen LogP contribution in [0.4, 0.5) is 0 Å². The largest absolute Gasteiger partial charge is 0.334 e. The van der Waals surface area contributed by atoms with Gasteiger partial charge in [0.05, 0.1) is 5.56 Å². The maximum atomic E-state index is 12.6. The summed E-state index contributed by atoms with van der Waals surface area (Å²) in [4.78, 5) is 14.5. The fraction of sp³-hybridized carbons (Fsp3) is 0.312. The normalized spacial score (nSPS) is 10.0. The van der Waals surface area contributed by atoms with E-state index < -0.39 is 0 Å². The number of carbonyl (C=O) groups is 1. The van der Waals surface area contributed by atoms with Crippen molar-refractivity contribution in [2.75, 3.05) is 13.1 Å².